The number of methoxy groups -OCH3 is 1. The zero-order valence-corrected chi connectivity index (χ0v) is 20.3. The van der Waals surface area contributed by atoms with E-state index in [9.17, 15) is 19.5 Å². The highest BCUT2D eigenvalue weighted by molar-refractivity contribution is 5.90. The number of carbonyl (C=O) groups is 3. The minimum Gasteiger partial charge on any atom is -0.467 e. The molecule has 0 saturated heterocycles. The Kier molecular flexibility index (Phi) is 9.62. The Morgan fingerprint density at radius 3 is 2.09 bits per heavy atom. The van der Waals surface area contributed by atoms with Crippen molar-refractivity contribution in [2.24, 2.45) is 0 Å². The topological polar surface area (TPSA) is 114 Å². The van der Waals surface area contributed by atoms with Gasteiger partial charge in [-0.25, -0.2) is 9.59 Å². The Morgan fingerprint density at radius 1 is 0.941 bits per heavy atom. The van der Waals surface area contributed by atoms with Crippen LogP contribution in [0, 0.1) is 0 Å². The molecule has 2 aromatic rings. The van der Waals surface area contributed by atoms with Gasteiger partial charge in [0.05, 0.1) is 13.2 Å². The van der Waals surface area contributed by atoms with Crippen LogP contribution in [0.3, 0.4) is 0 Å². The van der Waals surface area contributed by atoms with E-state index in [1.165, 1.54) is 14.0 Å². The van der Waals surface area contributed by atoms with Gasteiger partial charge in [0, 0.05) is 6.42 Å². The number of nitrogens with one attached hydrogen (secondary N) is 2. The zero-order valence-electron chi connectivity index (χ0n) is 20.3. The fraction of sp³-hybridized carbons (Fsp3) is 0.423. The van der Waals surface area contributed by atoms with Gasteiger partial charge < -0.3 is 25.2 Å². The van der Waals surface area contributed by atoms with Crippen molar-refractivity contribution >= 4 is 18.0 Å². The third kappa shape index (κ3) is 8.19. The van der Waals surface area contributed by atoms with Gasteiger partial charge in [0.15, 0.2) is 0 Å². The maximum atomic E-state index is 12.9. The van der Waals surface area contributed by atoms with Crippen LogP contribution in [0.4, 0.5) is 4.79 Å². The average Bonchev–Trinajstić information content (AvgIpc) is 2.80. The van der Waals surface area contributed by atoms with E-state index in [2.05, 4.69) is 31.4 Å². The van der Waals surface area contributed by atoms with Gasteiger partial charge in [-0.05, 0) is 29.0 Å². The van der Waals surface area contributed by atoms with Gasteiger partial charge in [-0.3, -0.25) is 4.79 Å². The van der Waals surface area contributed by atoms with Crippen LogP contribution in [-0.2, 0) is 37.5 Å². The smallest absolute Gasteiger partial charge is 0.408 e. The van der Waals surface area contributed by atoms with E-state index in [0.29, 0.717) is 0 Å². The predicted octanol–water partition coefficient (Wildman–Crippen LogP) is 2.86. The number of benzene rings is 2. The van der Waals surface area contributed by atoms with E-state index in [0.717, 1.165) is 16.7 Å². The van der Waals surface area contributed by atoms with E-state index < -0.39 is 36.2 Å². The number of aliphatic hydroxyl groups is 1. The molecule has 0 aliphatic carbocycles. The Morgan fingerprint density at radius 2 is 1.56 bits per heavy atom. The number of amides is 2. The third-order valence-corrected chi connectivity index (χ3v) is 5.31. The van der Waals surface area contributed by atoms with Crippen LogP contribution < -0.4 is 10.6 Å². The minimum atomic E-state index is -1.32. The molecule has 0 unspecified atom stereocenters. The Hall–Kier alpha value is -3.39. The summed E-state index contributed by atoms with van der Waals surface area (Å²) < 4.78 is 9.98. The molecule has 2 amide bonds. The fourth-order valence-corrected chi connectivity index (χ4v) is 3.27. The molecule has 0 spiro atoms. The highest BCUT2D eigenvalue weighted by Crippen LogP contribution is 2.22. The number of carbonyl (C=O) groups excluding carboxylic acids is 3. The molecule has 0 aliphatic heterocycles. The number of alkyl carbamates (subject to hydrolysis) is 1. The first-order chi connectivity index (χ1) is 16.0. The quantitative estimate of drug-likeness (QED) is 0.486. The maximum absolute atomic E-state index is 12.9. The van der Waals surface area contributed by atoms with Crippen molar-refractivity contribution in [1.29, 1.82) is 0 Å². The molecule has 2 aromatic carbocycles. The molecule has 184 valence electrons. The molecule has 2 rings (SSSR count). The number of aliphatic hydroxyl groups excluding tert-OH is 1. The molecule has 8 nitrogen and oxygen atoms in total. The minimum absolute atomic E-state index is 0.0101. The van der Waals surface area contributed by atoms with Crippen LogP contribution >= 0.6 is 0 Å². The van der Waals surface area contributed by atoms with Crippen molar-refractivity contribution in [1.82, 2.24) is 10.6 Å². The monoisotopic (exact) mass is 470 g/mol. The van der Waals surface area contributed by atoms with Crippen molar-refractivity contribution in [2.45, 2.75) is 64.3 Å². The van der Waals surface area contributed by atoms with E-state index in [4.69, 9.17) is 9.47 Å². The largest absolute Gasteiger partial charge is 0.467 e. The van der Waals surface area contributed by atoms with Crippen molar-refractivity contribution in [3.8, 4) is 0 Å². The molecule has 0 aliphatic rings. The summed E-state index contributed by atoms with van der Waals surface area (Å²) in [5, 5.41) is 15.0. The first-order valence-electron chi connectivity index (χ1n) is 11.1. The standard InChI is InChI=1S/C26H34N2O6/c1-17(29)22(28-25(32)34-16-19-9-7-6-8-10-19)23(30)27-21(24(31)33-5)15-18-11-13-20(14-12-18)26(2,3)4/h6-14,17,21-22,29H,15-16H2,1-5H3,(H,27,30)(H,28,32)/t17-,21-,22+/m1/s1. The lowest BCUT2D eigenvalue weighted by molar-refractivity contribution is -0.145. The Labute approximate surface area is 200 Å². The summed E-state index contributed by atoms with van der Waals surface area (Å²) in [4.78, 5) is 37.4. The summed E-state index contributed by atoms with van der Waals surface area (Å²) in [6.45, 7) is 7.69. The average molecular weight is 471 g/mol. The van der Waals surface area contributed by atoms with Gasteiger partial charge >= 0.3 is 12.1 Å². The highest BCUT2D eigenvalue weighted by Gasteiger charge is 2.31. The molecular formula is C26H34N2O6. The molecule has 3 N–H and O–H groups in total. The molecule has 3 atom stereocenters. The van der Waals surface area contributed by atoms with E-state index in [1.807, 2.05) is 42.5 Å². The second-order valence-corrected chi connectivity index (χ2v) is 9.16. The lowest BCUT2D eigenvalue weighted by Crippen LogP contribution is -2.56. The summed E-state index contributed by atoms with van der Waals surface area (Å²) in [6.07, 6.45) is -1.90. The van der Waals surface area contributed by atoms with Gasteiger partial charge in [0.2, 0.25) is 5.91 Å². The third-order valence-electron chi connectivity index (χ3n) is 5.31. The zero-order chi connectivity index (χ0) is 25.3. The lowest BCUT2D eigenvalue weighted by Gasteiger charge is -2.24. The summed E-state index contributed by atoms with van der Waals surface area (Å²) in [5.74, 6) is -1.36. The summed E-state index contributed by atoms with van der Waals surface area (Å²) in [6, 6.07) is 14.5. The van der Waals surface area contributed by atoms with Gasteiger partial charge in [-0.15, -0.1) is 0 Å². The summed E-state index contributed by atoms with van der Waals surface area (Å²) in [5.41, 5.74) is 2.73. The molecule has 0 bridgehead atoms. The summed E-state index contributed by atoms with van der Waals surface area (Å²) in [7, 11) is 1.23. The number of rotatable bonds is 9. The first kappa shape index (κ1) is 26.9. The van der Waals surface area contributed by atoms with Crippen LogP contribution in [0.2, 0.25) is 0 Å². The number of ether oxygens (including phenoxy) is 2. The lowest BCUT2D eigenvalue weighted by atomic mass is 9.86. The van der Waals surface area contributed by atoms with Crippen LogP contribution in [-0.4, -0.2) is 48.4 Å². The molecular weight excluding hydrogens is 436 g/mol. The summed E-state index contributed by atoms with van der Waals surface area (Å²) >= 11 is 0. The van der Waals surface area contributed by atoms with E-state index >= 15 is 0 Å². The first-order valence-corrected chi connectivity index (χ1v) is 11.1. The van der Waals surface area contributed by atoms with E-state index in [-0.39, 0.29) is 18.4 Å². The van der Waals surface area contributed by atoms with Gasteiger partial charge in [-0.2, -0.15) is 0 Å². The van der Waals surface area contributed by atoms with Crippen LogP contribution in [0.1, 0.15) is 44.4 Å². The molecule has 0 fully saturated rings. The van der Waals surface area contributed by atoms with Crippen molar-refractivity contribution < 1.29 is 29.0 Å². The van der Waals surface area contributed by atoms with Gasteiger partial charge in [-0.1, -0.05) is 75.4 Å². The number of esters is 1. The molecule has 8 heteroatoms. The second-order valence-electron chi connectivity index (χ2n) is 9.16. The molecule has 0 saturated carbocycles. The Bertz CT molecular complexity index is 952. The maximum Gasteiger partial charge on any atom is 0.408 e. The molecule has 34 heavy (non-hydrogen) atoms. The van der Waals surface area contributed by atoms with Crippen LogP contribution in [0.15, 0.2) is 54.6 Å². The number of hydrogen-bond acceptors (Lipinski definition) is 6. The normalized spacial score (nSPS) is 13.8. The SMILES string of the molecule is COC(=O)[C@@H](Cc1ccc(C(C)(C)C)cc1)NC(=O)[C@@H](NC(=O)OCc1ccccc1)[C@@H](C)O. The second kappa shape index (κ2) is 12.2. The van der Waals surface area contributed by atoms with Gasteiger partial charge in [0.25, 0.3) is 0 Å². The highest BCUT2D eigenvalue weighted by atomic mass is 16.5. The molecule has 0 heterocycles. The van der Waals surface area contributed by atoms with Gasteiger partial charge in [0.1, 0.15) is 18.7 Å². The van der Waals surface area contributed by atoms with Crippen molar-refractivity contribution in [2.75, 3.05) is 7.11 Å². The fourth-order valence-electron chi connectivity index (χ4n) is 3.27. The van der Waals surface area contributed by atoms with E-state index in [1.54, 1.807) is 12.1 Å². The molecule has 0 aromatic heterocycles. The van der Waals surface area contributed by atoms with Crippen molar-refractivity contribution in [3.05, 3.63) is 71.3 Å². The molecule has 0 radical (unpaired) electrons. The Balaban J connectivity index is 2.04. The van der Waals surface area contributed by atoms with Crippen LogP contribution in [0.5, 0.6) is 0 Å². The van der Waals surface area contributed by atoms with Crippen LogP contribution in [0.25, 0.3) is 0 Å². The van der Waals surface area contributed by atoms with Crippen molar-refractivity contribution in [3.63, 3.8) is 0 Å². The predicted molar refractivity (Wildman–Crippen MR) is 128 cm³/mol. The number of hydrogen-bond donors (Lipinski definition) is 3.